The van der Waals surface area contributed by atoms with Crippen LogP contribution in [-0.2, 0) is 6.42 Å². The van der Waals surface area contributed by atoms with Gasteiger partial charge in [-0.1, -0.05) is 18.2 Å². The number of Topliss-reactive ketones (excluding diaryl/α,β-unsaturated/α-hetero) is 1. The molecule has 0 unspecified atom stereocenters. The van der Waals surface area contributed by atoms with Crippen molar-refractivity contribution in [3.63, 3.8) is 0 Å². The lowest BCUT2D eigenvalue weighted by molar-refractivity contribution is -0.384. The summed E-state index contributed by atoms with van der Waals surface area (Å²) < 4.78 is 5.36. The summed E-state index contributed by atoms with van der Waals surface area (Å²) in [6.45, 7) is 4.08. The molecule has 8 heteroatoms. The molecule has 1 N–H and O–H groups in total. The van der Waals surface area contributed by atoms with Gasteiger partial charge in [-0.25, -0.2) is 0 Å². The molecule has 8 nitrogen and oxygen atoms in total. The number of carbonyl (C=O) groups excluding carboxylic acids is 2. The minimum absolute atomic E-state index is 0.0952. The molecule has 0 aromatic heterocycles. The van der Waals surface area contributed by atoms with Crippen LogP contribution in [0.1, 0.15) is 52.1 Å². The third-order valence-electron chi connectivity index (χ3n) is 5.80. The van der Waals surface area contributed by atoms with Crippen molar-refractivity contribution in [1.29, 1.82) is 0 Å². The van der Waals surface area contributed by atoms with Gasteiger partial charge in [-0.3, -0.25) is 24.7 Å². The predicted molar refractivity (Wildman–Crippen MR) is 134 cm³/mol. The first-order valence-electron chi connectivity index (χ1n) is 11.1. The Labute approximate surface area is 202 Å². The summed E-state index contributed by atoms with van der Waals surface area (Å²) in [5.41, 5.74) is 3.50. The number of benzene rings is 3. The van der Waals surface area contributed by atoms with Crippen LogP contribution in [0.2, 0.25) is 0 Å². The van der Waals surface area contributed by atoms with Gasteiger partial charge in [-0.15, -0.1) is 0 Å². The summed E-state index contributed by atoms with van der Waals surface area (Å²) in [5, 5.41) is 13.6. The van der Waals surface area contributed by atoms with E-state index >= 15 is 0 Å². The third kappa shape index (κ3) is 5.43. The number of nitro groups is 1. The Morgan fingerprint density at radius 1 is 1.06 bits per heavy atom. The quantitative estimate of drug-likeness (QED) is 0.287. The first-order valence-corrected chi connectivity index (χ1v) is 11.1. The van der Waals surface area contributed by atoms with Crippen molar-refractivity contribution in [2.24, 2.45) is 4.99 Å². The number of hydrogen-bond donors (Lipinski definition) is 1. The first kappa shape index (κ1) is 23.8. The number of hydrogen-bond acceptors (Lipinski definition) is 6. The summed E-state index contributed by atoms with van der Waals surface area (Å²) in [4.78, 5) is 40.9. The maximum Gasteiger partial charge on any atom is 0.269 e. The number of rotatable bonds is 7. The molecule has 1 heterocycles. The number of methoxy groups -OCH3 is 1. The molecule has 0 radical (unpaired) electrons. The summed E-state index contributed by atoms with van der Waals surface area (Å²) in [5.74, 6) is 0.158. The van der Waals surface area contributed by atoms with Gasteiger partial charge in [0.25, 0.3) is 11.6 Å². The van der Waals surface area contributed by atoms with E-state index in [2.05, 4.69) is 5.32 Å². The minimum Gasteiger partial charge on any atom is -0.497 e. The Balaban J connectivity index is 1.53. The van der Waals surface area contributed by atoms with Gasteiger partial charge in [-0.05, 0) is 62.2 Å². The number of non-ortho nitro benzene ring substituents is 1. The summed E-state index contributed by atoms with van der Waals surface area (Å²) in [7, 11) is 1.60. The molecule has 0 fully saturated rings. The number of nitro benzene ring substituents is 1. The lowest BCUT2D eigenvalue weighted by Gasteiger charge is -2.29. The second-order valence-electron chi connectivity index (χ2n) is 9.01. The van der Waals surface area contributed by atoms with E-state index in [0.717, 1.165) is 17.5 Å². The smallest absolute Gasteiger partial charge is 0.269 e. The van der Waals surface area contributed by atoms with Crippen molar-refractivity contribution in [3.05, 3.63) is 99.1 Å². The molecule has 0 saturated heterocycles. The lowest BCUT2D eigenvalue weighted by atomic mass is 9.85. The van der Waals surface area contributed by atoms with Crippen molar-refractivity contribution in [2.45, 2.75) is 32.2 Å². The number of nitrogens with zero attached hydrogens (tertiary/aromatic N) is 2. The van der Waals surface area contributed by atoms with Crippen LogP contribution in [0.3, 0.4) is 0 Å². The second kappa shape index (κ2) is 9.50. The van der Waals surface area contributed by atoms with Crippen LogP contribution >= 0.6 is 0 Å². The number of anilines is 1. The molecule has 3 aromatic carbocycles. The summed E-state index contributed by atoms with van der Waals surface area (Å²) in [6, 6.07) is 17.9. The molecule has 0 atom stereocenters. The predicted octanol–water partition coefficient (Wildman–Crippen LogP) is 5.25. The molecule has 0 bridgehead atoms. The fourth-order valence-electron chi connectivity index (χ4n) is 4.13. The minimum atomic E-state index is -0.525. The van der Waals surface area contributed by atoms with Crippen molar-refractivity contribution < 1.29 is 19.2 Å². The number of amides is 1. The fraction of sp³-hybridized carbons (Fsp3) is 0.222. The van der Waals surface area contributed by atoms with E-state index in [1.807, 2.05) is 32.0 Å². The van der Waals surface area contributed by atoms with Crippen LogP contribution in [-0.4, -0.2) is 35.0 Å². The standard InChI is InChI=1S/C27H25N3O5/c1-27(2)16-19-9-12-22(35-3)14-23(19)24(29-27)15-25(31)18-5-4-6-20(13-18)28-26(32)17-7-10-21(11-8-17)30(33)34/h4-14H,15-16H2,1-3H3,(H,28,32). The second-order valence-corrected chi connectivity index (χ2v) is 9.01. The number of ether oxygens (including phenoxy) is 1. The van der Waals surface area contributed by atoms with Gasteiger partial charge in [0.2, 0.25) is 0 Å². The number of carbonyl (C=O) groups is 2. The Morgan fingerprint density at radius 2 is 1.80 bits per heavy atom. The van der Waals surface area contributed by atoms with Gasteiger partial charge in [0, 0.05) is 34.5 Å². The van der Waals surface area contributed by atoms with Crippen LogP contribution in [0.4, 0.5) is 11.4 Å². The highest BCUT2D eigenvalue weighted by molar-refractivity contribution is 6.17. The van der Waals surface area contributed by atoms with Gasteiger partial charge >= 0.3 is 0 Å². The van der Waals surface area contributed by atoms with E-state index in [4.69, 9.17) is 9.73 Å². The average Bonchev–Trinajstić information content (AvgIpc) is 2.83. The number of ketones is 1. The molecule has 0 spiro atoms. The zero-order chi connectivity index (χ0) is 25.2. The average molecular weight is 472 g/mol. The number of nitrogens with one attached hydrogen (secondary N) is 1. The van der Waals surface area contributed by atoms with Crippen LogP contribution in [0.5, 0.6) is 5.75 Å². The topological polar surface area (TPSA) is 111 Å². The fourth-order valence-corrected chi connectivity index (χ4v) is 4.13. The van der Waals surface area contributed by atoms with E-state index in [1.165, 1.54) is 24.3 Å². The normalized spacial score (nSPS) is 13.9. The van der Waals surface area contributed by atoms with Crippen molar-refractivity contribution in [1.82, 2.24) is 0 Å². The van der Waals surface area contributed by atoms with Crippen LogP contribution in [0, 0.1) is 10.1 Å². The molecule has 1 aliphatic heterocycles. The Morgan fingerprint density at radius 3 is 2.49 bits per heavy atom. The number of fused-ring (bicyclic) bond motifs is 1. The van der Waals surface area contributed by atoms with Crippen LogP contribution in [0.15, 0.2) is 71.7 Å². The molecule has 178 valence electrons. The molecule has 1 amide bonds. The van der Waals surface area contributed by atoms with E-state index in [-0.39, 0.29) is 29.0 Å². The zero-order valence-electron chi connectivity index (χ0n) is 19.7. The largest absolute Gasteiger partial charge is 0.497 e. The van der Waals surface area contributed by atoms with Gasteiger partial charge in [-0.2, -0.15) is 0 Å². The lowest BCUT2D eigenvalue weighted by Crippen LogP contribution is -2.30. The maximum absolute atomic E-state index is 13.2. The molecular formula is C27H25N3O5. The first-order chi connectivity index (χ1) is 16.6. The Kier molecular flexibility index (Phi) is 6.46. The molecular weight excluding hydrogens is 446 g/mol. The Hall–Kier alpha value is -4.33. The highest BCUT2D eigenvalue weighted by Crippen LogP contribution is 2.31. The van der Waals surface area contributed by atoms with Crippen molar-refractivity contribution in [3.8, 4) is 5.75 Å². The molecule has 35 heavy (non-hydrogen) atoms. The number of aliphatic imine (C=N–C) groups is 1. The van der Waals surface area contributed by atoms with E-state index in [0.29, 0.717) is 22.7 Å². The zero-order valence-corrected chi connectivity index (χ0v) is 19.7. The Bertz CT molecular complexity index is 1340. The SMILES string of the molecule is COc1ccc2c(c1)C(CC(=O)c1cccc(NC(=O)c3ccc([N+](=O)[O-])cc3)c1)=NC(C)(C)C2. The van der Waals surface area contributed by atoms with Gasteiger partial charge in [0.1, 0.15) is 5.75 Å². The van der Waals surface area contributed by atoms with E-state index in [9.17, 15) is 19.7 Å². The van der Waals surface area contributed by atoms with E-state index < -0.39 is 10.8 Å². The summed E-state index contributed by atoms with van der Waals surface area (Å²) in [6.07, 6.45) is 0.886. The van der Waals surface area contributed by atoms with Gasteiger partial charge in [0.05, 0.1) is 29.7 Å². The molecule has 0 aliphatic carbocycles. The molecule has 0 saturated carbocycles. The summed E-state index contributed by atoms with van der Waals surface area (Å²) >= 11 is 0. The molecule has 4 rings (SSSR count). The monoisotopic (exact) mass is 471 g/mol. The van der Waals surface area contributed by atoms with E-state index in [1.54, 1.807) is 31.4 Å². The van der Waals surface area contributed by atoms with Gasteiger partial charge < -0.3 is 10.1 Å². The highest BCUT2D eigenvalue weighted by atomic mass is 16.6. The molecule has 1 aliphatic rings. The highest BCUT2D eigenvalue weighted by Gasteiger charge is 2.28. The van der Waals surface area contributed by atoms with Crippen LogP contribution in [0.25, 0.3) is 0 Å². The van der Waals surface area contributed by atoms with Crippen molar-refractivity contribution in [2.75, 3.05) is 12.4 Å². The maximum atomic E-state index is 13.2. The third-order valence-corrected chi connectivity index (χ3v) is 5.80. The van der Waals surface area contributed by atoms with Gasteiger partial charge in [0.15, 0.2) is 5.78 Å². The van der Waals surface area contributed by atoms with Crippen LogP contribution < -0.4 is 10.1 Å². The molecule has 3 aromatic rings. The van der Waals surface area contributed by atoms with Crippen molar-refractivity contribution >= 4 is 28.8 Å².